The molecule has 0 saturated carbocycles. The Morgan fingerprint density at radius 2 is 2.03 bits per heavy atom. The van der Waals surface area contributed by atoms with Gasteiger partial charge in [0, 0.05) is 46.9 Å². The lowest BCUT2D eigenvalue weighted by molar-refractivity contribution is -0.116. The van der Waals surface area contributed by atoms with Gasteiger partial charge in [0.1, 0.15) is 5.82 Å². The van der Waals surface area contributed by atoms with Crippen LogP contribution in [0.15, 0.2) is 35.3 Å². The van der Waals surface area contributed by atoms with Crippen LogP contribution in [-0.4, -0.2) is 52.0 Å². The van der Waals surface area contributed by atoms with Crippen molar-refractivity contribution in [3.63, 3.8) is 0 Å². The summed E-state index contributed by atoms with van der Waals surface area (Å²) in [6.07, 6.45) is 2.01. The number of rotatable bonds is 7. The van der Waals surface area contributed by atoms with Gasteiger partial charge in [-0.05, 0) is 31.0 Å². The van der Waals surface area contributed by atoms with Crippen LogP contribution >= 0.6 is 23.2 Å². The molecule has 0 bridgehead atoms. The molecule has 174 valence electrons. The zero-order chi connectivity index (χ0) is 23.4. The fraction of sp³-hybridized carbons (Fsp3) is 0.364. The van der Waals surface area contributed by atoms with E-state index in [1.165, 1.54) is 0 Å². The minimum absolute atomic E-state index is 0.134. The molecular weight excluding hydrogens is 467 g/mol. The average Bonchev–Trinajstić information content (AvgIpc) is 3.22. The van der Waals surface area contributed by atoms with Crippen molar-refractivity contribution in [2.24, 2.45) is 0 Å². The molecule has 1 saturated heterocycles. The molecule has 0 unspecified atom stereocenters. The molecule has 1 amide bonds. The Hall–Kier alpha value is -2.88. The maximum atomic E-state index is 12.6. The number of amides is 1. The Kier molecular flexibility index (Phi) is 7.32. The number of ether oxygens (including phenoxy) is 1. The standard InChI is InChI=1S/C22H24Cl2N6O3/c1-14-17(21(32)28-22(26-14)29-8-10-33-11-9-29)4-5-20(31)27-19-6-7-25-30(19)13-15-2-3-16(23)12-18(15)24/h2-3,6-7,12H,4-5,8-11,13H2,1H3,(H,27,31)(H,26,28,32). The molecule has 33 heavy (non-hydrogen) atoms. The Bertz CT molecular complexity index is 1200. The first kappa shape index (κ1) is 23.3. The monoisotopic (exact) mass is 490 g/mol. The number of carbonyl (C=O) groups excluding carboxylic acids is 1. The molecule has 1 aromatic carbocycles. The molecule has 0 aliphatic carbocycles. The number of hydrogen-bond donors (Lipinski definition) is 2. The number of H-pyrrole nitrogens is 1. The van der Waals surface area contributed by atoms with Gasteiger partial charge in [0.15, 0.2) is 0 Å². The van der Waals surface area contributed by atoms with Crippen LogP contribution in [0, 0.1) is 6.92 Å². The van der Waals surface area contributed by atoms with Gasteiger partial charge in [0.25, 0.3) is 5.56 Å². The molecule has 3 aromatic rings. The number of nitrogens with one attached hydrogen (secondary N) is 2. The average molecular weight is 491 g/mol. The van der Waals surface area contributed by atoms with Gasteiger partial charge in [0.05, 0.1) is 26.0 Å². The lowest BCUT2D eigenvalue weighted by Crippen LogP contribution is -2.38. The molecule has 2 N–H and O–H groups in total. The molecule has 1 fully saturated rings. The van der Waals surface area contributed by atoms with Crippen molar-refractivity contribution in [1.82, 2.24) is 19.7 Å². The van der Waals surface area contributed by atoms with Gasteiger partial charge in [-0.1, -0.05) is 29.3 Å². The van der Waals surface area contributed by atoms with E-state index in [1.54, 1.807) is 36.0 Å². The maximum absolute atomic E-state index is 12.6. The highest BCUT2D eigenvalue weighted by Gasteiger charge is 2.17. The number of carbonyl (C=O) groups is 1. The highest BCUT2D eigenvalue weighted by atomic mass is 35.5. The van der Waals surface area contributed by atoms with Gasteiger partial charge in [-0.25, -0.2) is 9.67 Å². The molecule has 1 aliphatic heterocycles. The predicted molar refractivity (Wildman–Crippen MR) is 127 cm³/mol. The second-order valence-corrected chi connectivity index (χ2v) is 8.55. The number of morpholine rings is 1. The summed E-state index contributed by atoms with van der Waals surface area (Å²) in [6.45, 7) is 4.73. The third-order valence-electron chi connectivity index (χ3n) is 5.44. The molecule has 9 nitrogen and oxygen atoms in total. The second kappa shape index (κ2) is 10.4. The Morgan fingerprint density at radius 3 is 2.76 bits per heavy atom. The summed E-state index contributed by atoms with van der Waals surface area (Å²) in [5.74, 6) is 0.853. The molecule has 3 heterocycles. The fourth-order valence-electron chi connectivity index (χ4n) is 3.63. The molecule has 2 aromatic heterocycles. The van der Waals surface area contributed by atoms with E-state index in [1.807, 2.05) is 11.0 Å². The summed E-state index contributed by atoms with van der Waals surface area (Å²) in [7, 11) is 0. The van der Waals surface area contributed by atoms with Crippen LogP contribution < -0.4 is 15.8 Å². The minimum Gasteiger partial charge on any atom is -0.378 e. The summed E-state index contributed by atoms with van der Waals surface area (Å²) >= 11 is 12.2. The van der Waals surface area contributed by atoms with Crippen molar-refractivity contribution in [3.8, 4) is 0 Å². The van der Waals surface area contributed by atoms with Crippen molar-refractivity contribution in [2.45, 2.75) is 26.3 Å². The van der Waals surface area contributed by atoms with Crippen molar-refractivity contribution in [3.05, 3.63) is 67.7 Å². The zero-order valence-electron chi connectivity index (χ0n) is 18.1. The van der Waals surface area contributed by atoms with Crippen LogP contribution in [0.5, 0.6) is 0 Å². The lowest BCUT2D eigenvalue weighted by Gasteiger charge is -2.27. The molecular formula is C22H24Cl2N6O3. The first-order valence-corrected chi connectivity index (χ1v) is 11.3. The summed E-state index contributed by atoms with van der Waals surface area (Å²) in [5, 5.41) is 8.19. The van der Waals surface area contributed by atoms with Crippen molar-refractivity contribution >= 4 is 40.9 Å². The quantitative estimate of drug-likeness (QED) is 0.527. The van der Waals surface area contributed by atoms with Crippen LogP contribution in [0.3, 0.4) is 0 Å². The molecule has 0 radical (unpaired) electrons. The highest BCUT2D eigenvalue weighted by Crippen LogP contribution is 2.23. The van der Waals surface area contributed by atoms with E-state index in [0.717, 1.165) is 5.56 Å². The Labute approximate surface area is 200 Å². The normalized spacial score (nSPS) is 13.8. The predicted octanol–water partition coefficient (Wildman–Crippen LogP) is 3.04. The molecule has 0 spiro atoms. The van der Waals surface area contributed by atoms with Crippen LogP contribution in [-0.2, 0) is 22.5 Å². The molecule has 11 heteroatoms. The first-order chi connectivity index (χ1) is 15.9. The van der Waals surface area contributed by atoms with E-state index in [0.29, 0.717) is 65.9 Å². The van der Waals surface area contributed by atoms with Crippen molar-refractivity contribution in [1.29, 1.82) is 0 Å². The number of halogens is 2. The molecule has 4 rings (SSSR count). The second-order valence-electron chi connectivity index (χ2n) is 7.71. The summed E-state index contributed by atoms with van der Waals surface area (Å²) < 4.78 is 6.98. The van der Waals surface area contributed by atoms with Gasteiger partial charge in [0.2, 0.25) is 11.9 Å². The smallest absolute Gasteiger partial charge is 0.255 e. The van der Waals surface area contributed by atoms with Crippen molar-refractivity contribution in [2.75, 3.05) is 36.5 Å². The molecule has 0 atom stereocenters. The van der Waals surface area contributed by atoms with E-state index >= 15 is 0 Å². The third-order valence-corrected chi connectivity index (χ3v) is 6.03. The number of aromatic amines is 1. The van der Waals surface area contributed by atoms with Gasteiger partial charge in [-0.2, -0.15) is 5.10 Å². The number of benzene rings is 1. The Balaban J connectivity index is 1.38. The van der Waals surface area contributed by atoms with E-state index in [9.17, 15) is 9.59 Å². The van der Waals surface area contributed by atoms with E-state index in [4.69, 9.17) is 27.9 Å². The summed E-state index contributed by atoms with van der Waals surface area (Å²) in [6, 6.07) is 6.94. The number of anilines is 2. The summed E-state index contributed by atoms with van der Waals surface area (Å²) in [4.78, 5) is 34.6. The van der Waals surface area contributed by atoms with Gasteiger partial charge in [-0.3, -0.25) is 14.6 Å². The topological polar surface area (TPSA) is 105 Å². The Morgan fingerprint density at radius 1 is 1.24 bits per heavy atom. The first-order valence-electron chi connectivity index (χ1n) is 10.6. The lowest BCUT2D eigenvalue weighted by atomic mass is 10.1. The van der Waals surface area contributed by atoms with Crippen LogP contribution in [0.25, 0.3) is 0 Å². The fourth-order valence-corrected chi connectivity index (χ4v) is 4.10. The van der Waals surface area contributed by atoms with Gasteiger partial charge in [-0.15, -0.1) is 0 Å². The van der Waals surface area contributed by atoms with Crippen molar-refractivity contribution < 1.29 is 9.53 Å². The SMILES string of the molecule is Cc1nc(N2CCOCC2)[nH]c(=O)c1CCC(=O)Nc1ccnn1Cc1ccc(Cl)cc1Cl. The third kappa shape index (κ3) is 5.73. The van der Waals surface area contributed by atoms with Gasteiger partial charge < -0.3 is 15.0 Å². The largest absolute Gasteiger partial charge is 0.378 e. The highest BCUT2D eigenvalue weighted by molar-refractivity contribution is 6.35. The van der Waals surface area contributed by atoms with Crippen LogP contribution in [0.4, 0.5) is 11.8 Å². The van der Waals surface area contributed by atoms with Crippen LogP contribution in [0.2, 0.25) is 10.0 Å². The number of hydrogen-bond acceptors (Lipinski definition) is 6. The summed E-state index contributed by atoms with van der Waals surface area (Å²) in [5.41, 5.74) is 1.73. The minimum atomic E-state index is -0.227. The number of aromatic nitrogens is 4. The van der Waals surface area contributed by atoms with Crippen LogP contribution in [0.1, 0.15) is 23.2 Å². The molecule has 1 aliphatic rings. The zero-order valence-corrected chi connectivity index (χ0v) is 19.6. The van der Waals surface area contributed by atoms with E-state index < -0.39 is 0 Å². The number of nitrogens with zero attached hydrogens (tertiary/aromatic N) is 4. The van der Waals surface area contributed by atoms with Gasteiger partial charge >= 0.3 is 0 Å². The maximum Gasteiger partial charge on any atom is 0.255 e. The van der Waals surface area contributed by atoms with E-state index in [2.05, 4.69) is 20.4 Å². The number of aryl methyl sites for hydroxylation is 1. The van der Waals surface area contributed by atoms with E-state index in [-0.39, 0.29) is 24.3 Å².